The first-order valence-corrected chi connectivity index (χ1v) is 6.18. The normalized spacial score (nSPS) is 20.1. The summed E-state index contributed by atoms with van der Waals surface area (Å²) in [7, 11) is 2.15. The Balaban J connectivity index is 0.00000256. The molecule has 0 amide bonds. The van der Waals surface area contributed by atoms with E-state index < -0.39 is 0 Å². The minimum atomic E-state index is -0.117. The van der Waals surface area contributed by atoms with Crippen LogP contribution in [0, 0.1) is 0 Å². The summed E-state index contributed by atoms with van der Waals surface area (Å²) in [4.78, 5) is 4.81. The fraction of sp³-hybridized carbons (Fsp3) is 1.00. The molecule has 1 unspecified atom stereocenters. The van der Waals surface area contributed by atoms with Crippen LogP contribution in [0.1, 0.15) is 20.8 Å². The van der Waals surface area contributed by atoms with E-state index in [0.29, 0.717) is 6.04 Å². The van der Waals surface area contributed by atoms with E-state index in [1.807, 2.05) is 0 Å². The van der Waals surface area contributed by atoms with Crippen molar-refractivity contribution in [2.24, 2.45) is 5.73 Å². The van der Waals surface area contributed by atoms with Gasteiger partial charge >= 0.3 is 0 Å². The highest BCUT2D eigenvalue weighted by Gasteiger charge is 2.20. The van der Waals surface area contributed by atoms with Crippen molar-refractivity contribution in [2.75, 3.05) is 46.4 Å². The molecule has 4 nitrogen and oxygen atoms in total. The number of halogens is 1. The maximum Gasteiger partial charge on any atom is 0.0594 e. The molecule has 0 aromatic heterocycles. The lowest BCUT2D eigenvalue weighted by atomic mass is 10.1. The zero-order valence-electron chi connectivity index (χ0n) is 11.6. The van der Waals surface area contributed by atoms with Crippen molar-refractivity contribution in [1.82, 2.24) is 9.80 Å². The Kier molecular flexibility index (Phi) is 7.60. The first-order valence-electron chi connectivity index (χ1n) is 6.18. The maximum absolute atomic E-state index is 6.03. The van der Waals surface area contributed by atoms with Gasteiger partial charge in [-0.05, 0) is 27.8 Å². The molecule has 1 rings (SSSR count). The van der Waals surface area contributed by atoms with Gasteiger partial charge < -0.3 is 15.4 Å². The second-order valence-electron chi connectivity index (χ2n) is 5.67. The molecule has 1 aliphatic heterocycles. The molecular formula is C12H28ClN3O. The summed E-state index contributed by atoms with van der Waals surface area (Å²) in [5.41, 5.74) is 5.92. The van der Waals surface area contributed by atoms with Gasteiger partial charge in [-0.15, -0.1) is 12.4 Å². The van der Waals surface area contributed by atoms with Crippen molar-refractivity contribution in [3.8, 4) is 0 Å². The number of nitrogens with zero attached hydrogens (tertiary/aromatic N) is 2. The van der Waals surface area contributed by atoms with Gasteiger partial charge in [-0.3, -0.25) is 4.90 Å². The largest absolute Gasteiger partial charge is 0.379 e. The van der Waals surface area contributed by atoms with Gasteiger partial charge in [0.25, 0.3) is 0 Å². The van der Waals surface area contributed by atoms with Crippen LogP contribution in [-0.4, -0.2) is 67.8 Å². The Labute approximate surface area is 112 Å². The molecule has 1 atom stereocenters. The van der Waals surface area contributed by atoms with Gasteiger partial charge in [0.1, 0.15) is 0 Å². The second-order valence-corrected chi connectivity index (χ2v) is 5.67. The molecule has 0 saturated carbocycles. The van der Waals surface area contributed by atoms with E-state index in [1.165, 1.54) is 0 Å². The quantitative estimate of drug-likeness (QED) is 0.799. The molecule has 0 aromatic rings. The number of rotatable bonds is 5. The highest BCUT2D eigenvalue weighted by Crippen LogP contribution is 2.06. The predicted molar refractivity (Wildman–Crippen MR) is 74.9 cm³/mol. The van der Waals surface area contributed by atoms with E-state index in [9.17, 15) is 0 Å². The van der Waals surface area contributed by atoms with Gasteiger partial charge in [-0.25, -0.2) is 0 Å². The number of morpholine rings is 1. The lowest BCUT2D eigenvalue weighted by Crippen LogP contribution is -2.50. The first-order chi connectivity index (χ1) is 7.38. The molecule has 1 fully saturated rings. The van der Waals surface area contributed by atoms with Gasteiger partial charge in [0.05, 0.1) is 13.2 Å². The lowest BCUT2D eigenvalue weighted by Gasteiger charge is -2.35. The van der Waals surface area contributed by atoms with Gasteiger partial charge in [0.15, 0.2) is 0 Å². The summed E-state index contributed by atoms with van der Waals surface area (Å²) < 4.78 is 5.35. The van der Waals surface area contributed by atoms with Crippen molar-refractivity contribution in [2.45, 2.75) is 32.4 Å². The zero-order chi connectivity index (χ0) is 12.2. The fourth-order valence-corrected chi connectivity index (χ4v) is 2.10. The molecule has 104 valence electrons. The van der Waals surface area contributed by atoms with E-state index >= 15 is 0 Å². The Hall–Kier alpha value is 0.130. The second kappa shape index (κ2) is 7.54. The Morgan fingerprint density at radius 1 is 1.35 bits per heavy atom. The van der Waals surface area contributed by atoms with E-state index in [-0.39, 0.29) is 17.9 Å². The predicted octanol–water partition coefficient (Wildman–Crippen LogP) is 0.798. The fourth-order valence-electron chi connectivity index (χ4n) is 2.10. The van der Waals surface area contributed by atoms with Gasteiger partial charge in [0.2, 0.25) is 0 Å². The summed E-state index contributed by atoms with van der Waals surface area (Å²) in [6.45, 7) is 12.3. The van der Waals surface area contributed by atoms with E-state index in [2.05, 4.69) is 37.6 Å². The van der Waals surface area contributed by atoms with Crippen molar-refractivity contribution in [3.05, 3.63) is 0 Å². The summed E-state index contributed by atoms with van der Waals surface area (Å²) in [6, 6.07) is 0.543. The molecule has 1 saturated heterocycles. The maximum atomic E-state index is 6.03. The van der Waals surface area contributed by atoms with Gasteiger partial charge in [-0.1, -0.05) is 0 Å². The van der Waals surface area contributed by atoms with Crippen molar-refractivity contribution >= 4 is 12.4 Å². The van der Waals surface area contributed by atoms with Crippen LogP contribution < -0.4 is 5.73 Å². The number of ether oxygens (including phenoxy) is 1. The van der Waals surface area contributed by atoms with Crippen LogP contribution in [0.5, 0.6) is 0 Å². The molecule has 0 bridgehead atoms. The molecule has 0 aromatic carbocycles. The summed E-state index contributed by atoms with van der Waals surface area (Å²) in [6.07, 6.45) is 0. The molecule has 17 heavy (non-hydrogen) atoms. The van der Waals surface area contributed by atoms with Crippen LogP contribution in [0.2, 0.25) is 0 Å². The van der Waals surface area contributed by atoms with Crippen molar-refractivity contribution in [1.29, 1.82) is 0 Å². The van der Waals surface area contributed by atoms with Gasteiger partial charge in [0, 0.05) is 37.8 Å². The lowest BCUT2D eigenvalue weighted by molar-refractivity contribution is 0.0255. The molecule has 2 N–H and O–H groups in total. The Morgan fingerprint density at radius 3 is 2.35 bits per heavy atom. The van der Waals surface area contributed by atoms with Crippen LogP contribution in [0.4, 0.5) is 0 Å². The Morgan fingerprint density at radius 2 is 1.88 bits per heavy atom. The van der Waals surface area contributed by atoms with Crippen molar-refractivity contribution < 1.29 is 4.74 Å². The smallest absolute Gasteiger partial charge is 0.0594 e. The molecular weight excluding hydrogens is 238 g/mol. The molecule has 0 aliphatic carbocycles. The number of hydrogen-bond acceptors (Lipinski definition) is 4. The molecule has 0 spiro atoms. The Bertz CT molecular complexity index is 202. The third-order valence-electron chi connectivity index (χ3n) is 3.04. The third kappa shape index (κ3) is 7.21. The van der Waals surface area contributed by atoms with Gasteiger partial charge in [-0.2, -0.15) is 0 Å². The molecule has 1 heterocycles. The summed E-state index contributed by atoms with van der Waals surface area (Å²) >= 11 is 0. The average Bonchev–Trinajstić information content (AvgIpc) is 2.16. The minimum Gasteiger partial charge on any atom is -0.379 e. The number of hydrogen-bond donors (Lipinski definition) is 1. The molecule has 1 aliphatic rings. The highest BCUT2D eigenvalue weighted by atomic mass is 35.5. The standard InChI is InChI=1S/C12H27N3O.ClH/c1-11(14(4)10-12(2,3)13)9-15-5-7-16-8-6-15;/h11H,5-10,13H2,1-4H3;1H. The molecule has 5 heteroatoms. The topological polar surface area (TPSA) is 41.7 Å². The number of nitrogens with two attached hydrogens (primary N) is 1. The third-order valence-corrected chi connectivity index (χ3v) is 3.04. The summed E-state index contributed by atoms with van der Waals surface area (Å²) in [5, 5.41) is 0. The van der Waals surface area contributed by atoms with Crippen molar-refractivity contribution in [3.63, 3.8) is 0 Å². The zero-order valence-corrected chi connectivity index (χ0v) is 12.4. The SMILES string of the molecule is CC(CN1CCOCC1)N(C)CC(C)(C)N.Cl. The highest BCUT2D eigenvalue weighted by molar-refractivity contribution is 5.85. The monoisotopic (exact) mass is 265 g/mol. The molecule has 0 radical (unpaired) electrons. The first kappa shape index (κ1) is 17.1. The van der Waals surface area contributed by atoms with Crippen LogP contribution in [0.3, 0.4) is 0 Å². The van der Waals surface area contributed by atoms with E-state index in [1.54, 1.807) is 0 Å². The number of likely N-dealkylation sites (N-methyl/N-ethyl adjacent to an activating group) is 1. The minimum absolute atomic E-state index is 0. The van der Waals surface area contributed by atoms with E-state index in [4.69, 9.17) is 10.5 Å². The van der Waals surface area contributed by atoms with Crippen LogP contribution >= 0.6 is 12.4 Å². The average molecular weight is 266 g/mol. The summed E-state index contributed by atoms with van der Waals surface area (Å²) in [5.74, 6) is 0. The van der Waals surface area contributed by atoms with Crippen LogP contribution in [0.15, 0.2) is 0 Å². The van der Waals surface area contributed by atoms with Crippen LogP contribution in [0.25, 0.3) is 0 Å². The van der Waals surface area contributed by atoms with Crippen LogP contribution in [-0.2, 0) is 4.74 Å². The van der Waals surface area contributed by atoms with E-state index in [0.717, 1.165) is 39.4 Å².